The van der Waals surface area contributed by atoms with Crippen molar-refractivity contribution < 1.29 is 4.79 Å². The molecule has 0 fully saturated rings. The highest BCUT2D eigenvalue weighted by molar-refractivity contribution is 5.83. The highest BCUT2D eigenvalue weighted by Crippen LogP contribution is 1.96. The van der Waals surface area contributed by atoms with Crippen LogP contribution in [0.15, 0.2) is 0 Å². The van der Waals surface area contributed by atoms with Crippen LogP contribution in [0.2, 0.25) is 0 Å². The molecule has 62 valence electrons. The molecule has 3 heteroatoms. The van der Waals surface area contributed by atoms with E-state index in [0.717, 1.165) is 0 Å². The Bertz CT molecular complexity index is 99.8. The van der Waals surface area contributed by atoms with Crippen molar-refractivity contribution in [3.05, 3.63) is 0 Å². The molecule has 0 rings (SSSR count). The van der Waals surface area contributed by atoms with Crippen molar-refractivity contribution in [2.24, 2.45) is 5.73 Å². The Morgan fingerprint density at radius 3 is 1.70 bits per heavy atom. The number of nitrogens with one attached hydrogen (secondary N) is 1. The van der Waals surface area contributed by atoms with E-state index in [9.17, 15) is 4.79 Å². The Hall–Kier alpha value is -0.570. The SMILES string of the molecule is CC.CNC(C)(C)C(N)=O. The van der Waals surface area contributed by atoms with Crippen molar-refractivity contribution in [3.63, 3.8) is 0 Å². The predicted molar refractivity (Wildman–Crippen MR) is 43.7 cm³/mol. The lowest BCUT2D eigenvalue weighted by Crippen LogP contribution is -2.48. The molecule has 0 aliphatic heterocycles. The fourth-order valence-corrected chi connectivity index (χ4v) is 0.123. The maximum absolute atomic E-state index is 10.4. The Morgan fingerprint density at radius 1 is 1.40 bits per heavy atom. The van der Waals surface area contributed by atoms with Gasteiger partial charge in [-0.2, -0.15) is 0 Å². The average molecular weight is 146 g/mol. The van der Waals surface area contributed by atoms with Gasteiger partial charge in [-0.1, -0.05) is 13.8 Å². The van der Waals surface area contributed by atoms with Gasteiger partial charge in [-0.15, -0.1) is 0 Å². The van der Waals surface area contributed by atoms with Crippen molar-refractivity contribution in [3.8, 4) is 0 Å². The number of carbonyl (C=O) groups excluding carboxylic acids is 1. The molecular formula is C7H18N2O. The second kappa shape index (κ2) is 5.23. The van der Waals surface area contributed by atoms with Gasteiger partial charge in [0.2, 0.25) is 5.91 Å². The van der Waals surface area contributed by atoms with E-state index in [2.05, 4.69) is 5.32 Å². The normalized spacial score (nSPS) is 9.70. The summed E-state index contributed by atoms with van der Waals surface area (Å²) in [5, 5.41) is 2.77. The molecule has 10 heavy (non-hydrogen) atoms. The van der Waals surface area contributed by atoms with Crippen LogP contribution in [0.1, 0.15) is 27.7 Å². The molecule has 0 unspecified atom stereocenters. The van der Waals surface area contributed by atoms with E-state index in [-0.39, 0.29) is 5.91 Å². The van der Waals surface area contributed by atoms with E-state index in [1.54, 1.807) is 20.9 Å². The van der Waals surface area contributed by atoms with Gasteiger partial charge in [-0.05, 0) is 20.9 Å². The number of primary amides is 1. The molecule has 0 aromatic carbocycles. The Labute approximate surface area is 63.0 Å². The molecular weight excluding hydrogens is 128 g/mol. The van der Waals surface area contributed by atoms with E-state index in [1.165, 1.54) is 0 Å². The van der Waals surface area contributed by atoms with E-state index in [4.69, 9.17) is 5.73 Å². The van der Waals surface area contributed by atoms with Gasteiger partial charge in [-0.25, -0.2) is 0 Å². The molecule has 3 nitrogen and oxygen atoms in total. The molecule has 0 aromatic rings. The minimum absolute atomic E-state index is 0.333. The van der Waals surface area contributed by atoms with E-state index in [0.29, 0.717) is 0 Å². The van der Waals surface area contributed by atoms with Crippen LogP contribution in [-0.2, 0) is 4.79 Å². The zero-order valence-electron chi connectivity index (χ0n) is 7.49. The molecule has 0 atom stereocenters. The summed E-state index contributed by atoms with van der Waals surface area (Å²) in [6.45, 7) is 7.46. The summed E-state index contributed by atoms with van der Waals surface area (Å²) in [5.41, 5.74) is 4.41. The fraction of sp³-hybridized carbons (Fsp3) is 0.857. The van der Waals surface area contributed by atoms with Crippen LogP contribution in [0, 0.1) is 0 Å². The molecule has 0 saturated heterocycles. The summed E-state index contributed by atoms with van der Waals surface area (Å²) in [5.74, 6) is -0.333. The van der Waals surface area contributed by atoms with Gasteiger partial charge in [0.15, 0.2) is 0 Å². The number of likely N-dealkylation sites (N-methyl/N-ethyl adjacent to an activating group) is 1. The maximum Gasteiger partial charge on any atom is 0.237 e. The Morgan fingerprint density at radius 2 is 1.70 bits per heavy atom. The highest BCUT2D eigenvalue weighted by Gasteiger charge is 2.20. The lowest BCUT2D eigenvalue weighted by molar-refractivity contribution is -0.122. The summed E-state index contributed by atoms with van der Waals surface area (Å²) in [6, 6.07) is 0. The molecule has 0 aliphatic carbocycles. The Kier molecular flexibility index (Phi) is 6.35. The van der Waals surface area contributed by atoms with Crippen molar-refractivity contribution >= 4 is 5.91 Å². The van der Waals surface area contributed by atoms with Crippen LogP contribution in [0.25, 0.3) is 0 Å². The van der Waals surface area contributed by atoms with Gasteiger partial charge < -0.3 is 11.1 Å². The summed E-state index contributed by atoms with van der Waals surface area (Å²) in [4.78, 5) is 10.4. The van der Waals surface area contributed by atoms with Crippen molar-refractivity contribution in [2.45, 2.75) is 33.2 Å². The quantitative estimate of drug-likeness (QED) is 0.596. The van der Waals surface area contributed by atoms with E-state index >= 15 is 0 Å². The third kappa shape index (κ3) is 4.32. The smallest absolute Gasteiger partial charge is 0.237 e. The molecule has 0 spiro atoms. The predicted octanol–water partition coefficient (Wildman–Crippen LogP) is 0.496. The van der Waals surface area contributed by atoms with E-state index < -0.39 is 5.54 Å². The van der Waals surface area contributed by atoms with E-state index in [1.807, 2.05) is 13.8 Å². The number of hydrogen-bond acceptors (Lipinski definition) is 2. The van der Waals surface area contributed by atoms with Crippen molar-refractivity contribution in [2.75, 3.05) is 7.05 Å². The first kappa shape index (κ1) is 12.1. The topological polar surface area (TPSA) is 55.1 Å². The van der Waals surface area contributed by atoms with Gasteiger partial charge in [-0.3, -0.25) is 4.79 Å². The van der Waals surface area contributed by atoms with Crippen LogP contribution >= 0.6 is 0 Å². The minimum Gasteiger partial charge on any atom is -0.368 e. The summed E-state index contributed by atoms with van der Waals surface area (Å²) in [6.07, 6.45) is 0. The first-order valence-electron chi connectivity index (χ1n) is 3.49. The minimum atomic E-state index is -0.569. The van der Waals surface area contributed by atoms with Gasteiger partial charge in [0, 0.05) is 0 Å². The lowest BCUT2D eigenvalue weighted by Gasteiger charge is -2.18. The molecule has 1 amide bonds. The molecule has 0 aliphatic rings. The monoisotopic (exact) mass is 146 g/mol. The first-order chi connectivity index (χ1) is 4.50. The zero-order chi connectivity index (χ0) is 8.78. The Balaban J connectivity index is 0. The number of hydrogen-bond donors (Lipinski definition) is 2. The summed E-state index contributed by atoms with van der Waals surface area (Å²) >= 11 is 0. The van der Waals surface area contributed by atoms with Gasteiger partial charge in [0.05, 0.1) is 5.54 Å². The third-order valence-corrected chi connectivity index (χ3v) is 1.24. The van der Waals surface area contributed by atoms with Crippen molar-refractivity contribution in [1.82, 2.24) is 5.32 Å². The van der Waals surface area contributed by atoms with Crippen LogP contribution in [0.4, 0.5) is 0 Å². The summed E-state index contributed by atoms with van der Waals surface area (Å²) in [7, 11) is 1.70. The second-order valence-electron chi connectivity index (χ2n) is 2.24. The molecule has 0 heterocycles. The number of nitrogens with two attached hydrogens (primary N) is 1. The van der Waals surface area contributed by atoms with Gasteiger partial charge in [0.25, 0.3) is 0 Å². The molecule has 0 radical (unpaired) electrons. The summed E-state index contributed by atoms with van der Waals surface area (Å²) < 4.78 is 0. The fourth-order valence-electron chi connectivity index (χ4n) is 0.123. The first-order valence-corrected chi connectivity index (χ1v) is 3.49. The number of carbonyl (C=O) groups is 1. The van der Waals surface area contributed by atoms with Crippen LogP contribution in [-0.4, -0.2) is 18.5 Å². The molecule has 3 N–H and O–H groups in total. The molecule has 0 aromatic heterocycles. The van der Waals surface area contributed by atoms with Crippen LogP contribution < -0.4 is 11.1 Å². The zero-order valence-corrected chi connectivity index (χ0v) is 7.49. The number of rotatable bonds is 2. The van der Waals surface area contributed by atoms with Crippen LogP contribution in [0.5, 0.6) is 0 Å². The third-order valence-electron chi connectivity index (χ3n) is 1.24. The molecule has 0 saturated carbocycles. The second-order valence-corrected chi connectivity index (χ2v) is 2.24. The van der Waals surface area contributed by atoms with Gasteiger partial charge >= 0.3 is 0 Å². The van der Waals surface area contributed by atoms with Crippen LogP contribution in [0.3, 0.4) is 0 Å². The van der Waals surface area contributed by atoms with Gasteiger partial charge in [0.1, 0.15) is 0 Å². The lowest BCUT2D eigenvalue weighted by atomic mass is 10.1. The standard InChI is InChI=1S/C5H12N2O.C2H6/c1-5(2,7-3)4(6)8;1-2/h7H,1-3H3,(H2,6,8);1-2H3. The average Bonchev–Trinajstić information content (AvgIpc) is 1.92. The maximum atomic E-state index is 10.4. The van der Waals surface area contributed by atoms with Crippen molar-refractivity contribution in [1.29, 1.82) is 0 Å². The highest BCUT2D eigenvalue weighted by atomic mass is 16.1. The number of amides is 1. The largest absolute Gasteiger partial charge is 0.368 e. The molecule has 0 bridgehead atoms.